The molecular formula is C15H25N. The zero-order valence-corrected chi connectivity index (χ0v) is 10.8. The molecule has 90 valence electrons. The van der Waals surface area contributed by atoms with Crippen molar-refractivity contribution in [2.24, 2.45) is 23.0 Å². The first-order valence-corrected chi connectivity index (χ1v) is 6.98. The summed E-state index contributed by atoms with van der Waals surface area (Å²) in [5, 5.41) is 0. The van der Waals surface area contributed by atoms with Crippen LogP contribution in [-0.2, 0) is 0 Å². The molecule has 3 aliphatic carbocycles. The smallest absolute Gasteiger partial charge is 0.0191 e. The lowest BCUT2D eigenvalue weighted by Crippen LogP contribution is -2.60. The van der Waals surface area contributed by atoms with Crippen LogP contribution in [0, 0.1) is 17.3 Å². The molecule has 0 unspecified atom stereocenters. The molecule has 0 saturated heterocycles. The highest BCUT2D eigenvalue weighted by Gasteiger charge is 2.54. The monoisotopic (exact) mass is 219 g/mol. The van der Waals surface area contributed by atoms with Gasteiger partial charge < -0.3 is 5.73 Å². The van der Waals surface area contributed by atoms with Gasteiger partial charge in [-0.15, -0.1) is 0 Å². The van der Waals surface area contributed by atoms with Crippen molar-refractivity contribution in [3.8, 4) is 0 Å². The van der Waals surface area contributed by atoms with E-state index < -0.39 is 0 Å². The quantitative estimate of drug-likeness (QED) is 0.618. The summed E-state index contributed by atoms with van der Waals surface area (Å²) < 4.78 is 0. The Balaban J connectivity index is 1.91. The van der Waals surface area contributed by atoms with Crippen LogP contribution >= 0.6 is 0 Å². The molecule has 0 radical (unpaired) electrons. The van der Waals surface area contributed by atoms with Crippen LogP contribution in [0.1, 0.15) is 58.8 Å². The lowest BCUT2D eigenvalue weighted by molar-refractivity contribution is -0.0692. The molecular weight excluding hydrogens is 194 g/mol. The Bertz CT molecular complexity index is 328. The summed E-state index contributed by atoms with van der Waals surface area (Å²) in [5.41, 5.74) is 9.16. The molecule has 2 N–H and O–H groups in total. The molecule has 16 heavy (non-hydrogen) atoms. The third kappa shape index (κ3) is 1.48. The first-order chi connectivity index (χ1) is 7.51. The number of fused-ring (bicyclic) bond motifs is 5. The Morgan fingerprint density at radius 2 is 2.00 bits per heavy atom. The van der Waals surface area contributed by atoms with Crippen molar-refractivity contribution in [3.05, 3.63) is 11.6 Å². The highest BCUT2D eigenvalue weighted by atomic mass is 14.8. The molecule has 3 atom stereocenters. The van der Waals surface area contributed by atoms with Crippen molar-refractivity contribution in [1.82, 2.24) is 0 Å². The van der Waals surface area contributed by atoms with Gasteiger partial charge in [0.05, 0.1) is 0 Å². The largest absolute Gasteiger partial charge is 0.325 e. The van der Waals surface area contributed by atoms with Gasteiger partial charge >= 0.3 is 0 Å². The van der Waals surface area contributed by atoms with Crippen molar-refractivity contribution >= 4 is 0 Å². The van der Waals surface area contributed by atoms with Gasteiger partial charge in [-0.2, -0.15) is 0 Å². The minimum absolute atomic E-state index is 0.166. The fourth-order valence-electron chi connectivity index (χ4n) is 4.54. The minimum Gasteiger partial charge on any atom is -0.325 e. The van der Waals surface area contributed by atoms with Gasteiger partial charge in [-0.05, 0) is 62.2 Å². The maximum atomic E-state index is 6.74. The third-order valence-electron chi connectivity index (χ3n) is 5.70. The van der Waals surface area contributed by atoms with Crippen molar-refractivity contribution in [2.45, 2.75) is 64.3 Å². The normalized spacial score (nSPS) is 45.8. The van der Waals surface area contributed by atoms with E-state index in [-0.39, 0.29) is 5.54 Å². The fourth-order valence-corrected chi connectivity index (χ4v) is 4.54. The van der Waals surface area contributed by atoms with E-state index in [0.717, 1.165) is 11.8 Å². The van der Waals surface area contributed by atoms with E-state index in [1.807, 2.05) is 0 Å². The van der Waals surface area contributed by atoms with Crippen molar-refractivity contribution < 1.29 is 0 Å². The molecule has 2 saturated carbocycles. The highest BCUT2D eigenvalue weighted by Crippen LogP contribution is 2.59. The van der Waals surface area contributed by atoms with Crippen molar-refractivity contribution in [2.75, 3.05) is 0 Å². The van der Waals surface area contributed by atoms with Crippen molar-refractivity contribution in [1.29, 1.82) is 0 Å². The molecule has 1 heteroatoms. The van der Waals surface area contributed by atoms with Crippen LogP contribution in [0.5, 0.6) is 0 Å². The Hall–Kier alpha value is -0.300. The van der Waals surface area contributed by atoms with Crippen LogP contribution in [0.2, 0.25) is 0 Å². The van der Waals surface area contributed by atoms with Gasteiger partial charge in [0.25, 0.3) is 0 Å². The molecule has 0 spiro atoms. The van der Waals surface area contributed by atoms with E-state index in [1.165, 1.54) is 44.9 Å². The Morgan fingerprint density at radius 1 is 1.19 bits per heavy atom. The van der Waals surface area contributed by atoms with Gasteiger partial charge in [0.1, 0.15) is 0 Å². The summed E-state index contributed by atoms with van der Waals surface area (Å²) in [6.07, 6.45) is 11.6. The first-order valence-electron chi connectivity index (χ1n) is 6.98. The third-order valence-corrected chi connectivity index (χ3v) is 5.70. The zero-order chi connectivity index (χ0) is 11.4. The van der Waals surface area contributed by atoms with Crippen LogP contribution in [0.15, 0.2) is 11.6 Å². The molecule has 0 aromatic carbocycles. The van der Waals surface area contributed by atoms with Gasteiger partial charge in [0.15, 0.2) is 0 Å². The SMILES string of the molecule is CC1(C)C[C@H]2[C@H]1CCC1=CCC[C@]2(N)CC1. The van der Waals surface area contributed by atoms with E-state index >= 15 is 0 Å². The molecule has 0 aromatic heterocycles. The second kappa shape index (κ2) is 3.35. The van der Waals surface area contributed by atoms with Gasteiger partial charge in [0, 0.05) is 5.54 Å². The molecule has 0 amide bonds. The van der Waals surface area contributed by atoms with E-state index in [2.05, 4.69) is 19.9 Å². The lowest BCUT2D eigenvalue weighted by Gasteiger charge is -2.59. The van der Waals surface area contributed by atoms with Crippen LogP contribution in [0.3, 0.4) is 0 Å². The topological polar surface area (TPSA) is 26.0 Å². The van der Waals surface area contributed by atoms with Gasteiger partial charge in [-0.1, -0.05) is 25.5 Å². The number of hydrogen-bond donors (Lipinski definition) is 1. The van der Waals surface area contributed by atoms with Crippen LogP contribution < -0.4 is 5.73 Å². The second-order valence-corrected chi connectivity index (χ2v) is 7.08. The average molecular weight is 219 g/mol. The molecule has 3 rings (SSSR count). The summed E-state index contributed by atoms with van der Waals surface area (Å²) in [5.74, 6) is 1.70. The number of nitrogens with two attached hydrogens (primary N) is 1. The predicted molar refractivity (Wildman–Crippen MR) is 68.1 cm³/mol. The molecule has 1 nitrogen and oxygen atoms in total. The summed E-state index contributed by atoms with van der Waals surface area (Å²) in [7, 11) is 0. The van der Waals surface area contributed by atoms with Crippen LogP contribution in [0.25, 0.3) is 0 Å². The predicted octanol–water partition coefficient (Wildman–Crippen LogP) is 3.64. The summed E-state index contributed by atoms with van der Waals surface area (Å²) in [4.78, 5) is 0. The van der Waals surface area contributed by atoms with E-state index in [9.17, 15) is 0 Å². The van der Waals surface area contributed by atoms with Crippen LogP contribution in [-0.4, -0.2) is 5.54 Å². The molecule has 2 fully saturated rings. The first kappa shape index (κ1) is 10.8. The number of rotatable bonds is 0. The summed E-state index contributed by atoms with van der Waals surface area (Å²) in [6.45, 7) is 4.88. The molecule has 2 bridgehead atoms. The second-order valence-electron chi connectivity index (χ2n) is 7.08. The zero-order valence-electron chi connectivity index (χ0n) is 10.8. The van der Waals surface area contributed by atoms with E-state index in [0.29, 0.717) is 5.41 Å². The minimum atomic E-state index is 0.166. The number of hydrogen-bond acceptors (Lipinski definition) is 1. The maximum absolute atomic E-state index is 6.74. The summed E-state index contributed by atoms with van der Waals surface area (Å²) >= 11 is 0. The standard InChI is InChI=1S/C15H25N/c1-14(2)10-13-12(14)6-5-11-4-3-8-15(13,16)9-7-11/h4,12-13H,3,5-10,16H2,1-2H3/t12-,13+,15+/m1/s1. The molecule has 3 aliphatic rings. The Morgan fingerprint density at radius 3 is 2.75 bits per heavy atom. The maximum Gasteiger partial charge on any atom is 0.0191 e. The van der Waals surface area contributed by atoms with Gasteiger partial charge in [-0.25, -0.2) is 0 Å². The molecule has 0 aliphatic heterocycles. The average Bonchev–Trinajstić information content (AvgIpc) is 2.35. The van der Waals surface area contributed by atoms with Gasteiger partial charge in [0.2, 0.25) is 0 Å². The highest BCUT2D eigenvalue weighted by molar-refractivity contribution is 5.16. The van der Waals surface area contributed by atoms with Crippen molar-refractivity contribution in [3.63, 3.8) is 0 Å². The Labute approximate surface area is 99.5 Å². The van der Waals surface area contributed by atoms with Crippen LogP contribution in [0.4, 0.5) is 0 Å². The Kier molecular flexibility index (Phi) is 2.27. The molecule has 0 aromatic rings. The van der Waals surface area contributed by atoms with E-state index in [4.69, 9.17) is 5.73 Å². The summed E-state index contributed by atoms with van der Waals surface area (Å²) in [6, 6.07) is 0. The fraction of sp³-hybridized carbons (Fsp3) is 0.867. The lowest BCUT2D eigenvalue weighted by atomic mass is 9.47. The van der Waals surface area contributed by atoms with E-state index in [1.54, 1.807) is 5.57 Å². The van der Waals surface area contributed by atoms with Gasteiger partial charge in [-0.3, -0.25) is 0 Å². The number of allylic oxidation sites excluding steroid dienone is 2. The molecule has 0 heterocycles.